The molecule has 2 saturated heterocycles. The van der Waals surface area contributed by atoms with Crippen LogP contribution in [-0.2, 0) is 14.3 Å². The second-order valence-electron chi connectivity index (χ2n) is 4.19. The standard InChI is InChI=1S/C9H12O5/c1-9-3-2-4(14-9)5(7(10)11)6(9)8(12)13/h4-6H,2-3H2,1H3,(H,10,11)(H,12,13)/t4-,5-,6-,9+/m1/s1. The summed E-state index contributed by atoms with van der Waals surface area (Å²) in [6.07, 6.45) is 0.869. The summed E-state index contributed by atoms with van der Waals surface area (Å²) in [6, 6.07) is 0. The Hall–Kier alpha value is -1.10. The zero-order chi connectivity index (χ0) is 10.5. The van der Waals surface area contributed by atoms with Crippen LogP contribution in [0.15, 0.2) is 0 Å². The first-order valence-electron chi connectivity index (χ1n) is 4.59. The van der Waals surface area contributed by atoms with Crippen molar-refractivity contribution in [2.24, 2.45) is 11.8 Å². The minimum atomic E-state index is -1.07. The van der Waals surface area contributed by atoms with E-state index in [1.54, 1.807) is 6.92 Å². The fourth-order valence-electron chi connectivity index (χ4n) is 2.69. The molecule has 2 N–H and O–H groups in total. The van der Waals surface area contributed by atoms with Crippen LogP contribution < -0.4 is 0 Å². The zero-order valence-corrected chi connectivity index (χ0v) is 7.77. The summed E-state index contributed by atoms with van der Waals surface area (Å²) in [5.41, 5.74) is -0.778. The molecule has 0 saturated carbocycles. The molecular weight excluding hydrogens is 188 g/mol. The molecule has 2 bridgehead atoms. The van der Waals surface area contributed by atoms with Crippen molar-refractivity contribution in [1.29, 1.82) is 0 Å². The highest BCUT2D eigenvalue weighted by atomic mass is 16.5. The quantitative estimate of drug-likeness (QED) is 0.671. The summed E-state index contributed by atoms with van der Waals surface area (Å²) in [4.78, 5) is 21.9. The van der Waals surface area contributed by atoms with E-state index in [4.69, 9.17) is 14.9 Å². The van der Waals surface area contributed by atoms with Gasteiger partial charge in [0, 0.05) is 0 Å². The highest BCUT2D eigenvalue weighted by Gasteiger charge is 2.62. The minimum Gasteiger partial charge on any atom is -0.481 e. The fourth-order valence-corrected chi connectivity index (χ4v) is 2.69. The van der Waals surface area contributed by atoms with E-state index in [9.17, 15) is 9.59 Å². The van der Waals surface area contributed by atoms with E-state index in [-0.39, 0.29) is 0 Å². The Kier molecular flexibility index (Phi) is 1.82. The number of carboxylic acid groups (broad SMARTS) is 2. The summed E-state index contributed by atoms with van der Waals surface area (Å²) < 4.78 is 5.45. The molecule has 0 spiro atoms. The van der Waals surface area contributed by atoms with Crippen molar-refractivity contribution in [1.82, 2.24) is 0 Å². The lowest BCUT2D eigenvalue weighted by Crippen LogP contribution is -2.43. The molecule has 78 valence electrons. The summed E-state index contributed by atoms with van der Waals surface area (Å²) >= 11 is 0. The van der Waals surface area contributed by atoms with Crippen molar-refractivity contribution in [2.75, 3.05) is 0 Å². The minimum absolute atomic E-state index is 0.418. The van der Waals surface area contributed by atoms with E-state index in [2.05, 4.69) is 0 Å². The Labute approximate surface area is 80.7 Å². The first-order chi connectivity index (χ1) is 6.46. The molecule has 2 heterocycles. The highest BCUT2D eigenvalue weighted by molar-refractivity contribution is 5.82. The lowest BCUT2D eigenvalue weighted by atomic mass is 9.72. The van der Waals surface area contributed by atoms with Crippen LogP contribution in [0.2, 0.25) is 0 Å². The largest absolute Gasteiger partial charge is 0.481 e. The van der Waals surface area contributed by atoms with Crippen molar-refractivity contribution >= 4 is 11.9 Å². The van der Waals surface area contributed by atoms with Crippen molar-refractivity contribution in [3.63, 3.8) is 0 Å². The third-order valence-electron chi connectivity index (χ3n) is 3.31. The van der Waals surface area contributed by atoms with Crippen LogP contribution in [0.5, 0.6) is 0 Å². The molecule has 14 heavy (non-hydrogen) atoms. The van der Waals surface area contributed by atoms with Crippen molar-refractivity contribution in [3.05, 3.63) is 0 Å². The van der Waals surface area contributed by atoms with Gasteiger partial charge < -0.3 is 14.9 Å². The Morgan fingerprint density at radius 3 is 2.43 bits per heavy atom. The number of hydrogen-bond donors (Lipinski definition) is 2. The summed E-state index contributed by atoms with van der Waals surface area (Å²) in [5, 5.41) is 17.9. The molecular formula is C9H12O5. The normalized spacial score (nSPS) is 45.4. The second kappa shape index (κ2) is 2.70. The number of carbonyl (C=O) groups is 2. The maximum absolute atomic E-state index is 11.0. The number of fused-ring (bicyclic) bond motifs is 2. The predicted molar refractivity (Wildman–Crippen MR) is 44.8 cm³/mol. The van der Waals surface area contributed by atoms with Gasteiger partial charge in [0.2, 0.25) is 0 Å². The van der Waals surface area contributed by atoms with Crippen LogP contribution in [0.4, 0.5) is 0 Å². The van der Waals surface area contributed by atoms with E-state index in [0.29, 0.717) is 12.8 Å². The monoisotopic (exact) mass is 200 g/mol. The van der Waals surface area contributed by atoms with Crippen molar-refractivity contribution in [3.8, 4) is 0 Å². The number of rotatable bonds is 2. The van der Waals surface area contributed by atoms with E-state index < -0.39 is 35.5 Å². The molecule has 2 fully saturated rings. The molecule has 2 aliphatic heterocycles. The average molecular weight is 200 g/mol. The Morgan fingerprint density at radius 1 is 1.36 bits per heavy atom. The van der Waals surface area contributed by atoms with Gasteiger partial charge in [-0.15, -0.1) is 0 Å². The van der Waals surface area contributed by atoms with Crippen LogP contribution in [-0.4, -0.2) is 33.9 Å². The first kappa shape index (κ1) is 9.45. The Bertz CT molecular complexity index is 300. The summed E-state index contributed by atoms with van der Waals surface area (Å²) in [5.74, 6) is -3.92. The van der Waals surface area contributed by atoms with Gasteiger partial charge in [-0.05, 0) is 19.8 Å². The lowest BCUT2D eigenvalue weighted by molar-refractivity contribution is -0.155. The molecule has 0 aromatic carbocycles. The predicted octanol–water partition coefficient (Wildman–Crippen LogP) is 0.339. The molecule has 2 aliphatic rings. The molecule has 0 unspecified atom stereocenters. The van der Waals surface area contributed by atoms with Crippen molar-refractivity contribution < 1.29 is 24.5 Å². The molecule has 0 aliphatic carbocycles. The number of aliphatic carboxylic acids is 2. The van der Waals surface area contributed by atoms with Gasteiger partial charge in [0.25, 0.3) is 0 Å². The van der Waals surface area contributed by atoms with Gasteiger partial charge in [0.05, 0.1) is 17.6 Å². The molecule has 0 radical (unpaired) electrons. The average Bonchev–Trinajstić information content (AvgIpc) is 2.55. The first-order valence-corrected chi connectivity index (χ1v) is 4.59. The molecule has 2 rings (SSSR count). The number of ether oxygens (including phenoxy) is 1. The maximum atomic E-state index is 11.0. The molecule has 5 heteroatoms. The van der Waals surface area contributed by atoms with Gasteiger partial charge in [0.15, 0.2) is 0 Å². The third-order valence-corrected chi connectivity index (χ3v) is 3.31. The molecule has 4 atom stereocenters. The summed E-state index contributed by atoms with van der Waals surface area (Å²) in [7, 11) is 0. The molecule has 0 aromatic rings. The maximum Gasteiger partial charge on any atom is 0.310 e. The van der Waals surface area contributed by atoms with Crippen molar-refractivity contribution in [2.45, 2.75) is 31.5 Å². The fraction of sp³-hybridized carbons (Fsp3) is 0.778. The molecule has 5 nitrogen and oxygen atoms in total. The van der Waals surface area contributed by atoms with Gasteiger partial charge in [-0.3, -0.25) is 9.59 Å². The van der Waals surface area contributed by atoms with Crippen LogP contribution in [0.1, 0.15) is 19.8 Å². The Balaban J connectivity index is 2.35. The second-order valence-corrected chi connectivity index (χ2v) is 4.19. The smallest absolute Gasteiger partial charge is 0.310 e. The summed E-state index contributed by atoms with van der Waals surface area (Å²) in [6.45, 7) is 1.69. The third kappa shape index (κ3) is 1.05. The Morgan fingerprint density at radius 2 is 2.00 bits per heavy atom. The van der Waals surface area contributed by atoms with Gasteiger partial charge in [-0.25, -0.2) is 0 Å². The number of carboxylic acids is 2. The molecule has 0 amide bonds. The van der Waals surface area contributed by atoms with Crippen LogP contribution >= 0.6 is 0 Å². The van der Waals surface area contributed by atoms with E-state index >= 15 is 0 Å². The van der Waals surface area contributed by atoms with Crippen LogP contribution in [0, 0.1) is 11.8 Å². The van der Waals surface area contributed by atoms with Crippen LogP contribution in [0.3, 0.4) is 0 Å². The zero-order valence-electron chi connectivity index (χ0n) is 7.77. The van der Waals surface area contributed by atoms with Gasteiger partial charge in [-0.1, -0.05) is 0 Å². The number of hydrogen-bond acceptors (Lipinski definition) is 3. The highest BCUT2D eigenvalue weighted by Crippen LogP contribution is 2.51. The van der Waals surface area contributed by atoms with E-state index in [1.807, 2.05) is 0 Å². The van der Waals surface area contributed by atoms with Gasteiger partial charge in [0.1, 0.15) is 5.92 Å². The molecule has 0 aromatic heterocycles. The van der Waals surface area contributed by atoms with Gasteiger partial charge >= 0.3 is 11.9 Å². The van der Waals surface area contributed by atoms with Crippen LogP contribution in [0.25, 0.3) is 0 Å². The SMILES string of the molecule is C[C@@]12CC[C@@H](O1)[C@@H](C(=O)O)[C@@H]2C(=O)O. The topological polar surface area (TPSA) is 83.8 Å². The lowest BCUT2D eigenvalue weighted by Gasteiger charge is -2.28. The van der Waals surface area contributed by atoms with E-state index in [1.165, 1.54) is 0 Å². The van der Waals surface area contributed by atoms with E-state index in [0.717, 1.165) is 0 Å². The van der Waals surface area contributed by atoms with Gasteiger partial charge in [-0.2, -0.15) is 0 Å².